The number of thiazole rings is 1. The van der Waals surface area contributed by atoms with Crippen LogP contribution in [0.1, 0.15) is 5.82 Å². The molecule has 0 fully saturated rings. The minimum Gasteiger partial charge on any atom is -0.361 e. The normalized spacial score (nSPS) is 10.7. The Labute approximate surface area is 80.3 Å². The van der Waals surface area contributed by atoms with Gasteiger partial charge in [0.2, 0.25) is 0 Å². The number of nitrogens with zero attached hydrogens (tertiary/aromatic N) is 4. The van der Waals surface area contributed by atoms with E-state index in [2.05, 4.69) is 15.0 Å². The van der Waals surface area contributed by atoms with Crippen molar-refractivity contribution in [3.05, 3.63) is 11.3 Å². The Morgan fingerprint density at radius 3 is 2.77 bits per heavy atom. The second kappa shape index (κ2) is 2.92. The molecular weight excluding hydrogens is 184 g/mol. The van der Waals surface area contributed by atoms with Crippen molar-refractivity contribution in [3.63, 3.8) is 0 Å². The van der Waals surface area contributed by atoms with Crippen LogP contribution in [0.15, 0.2) is 5.51 Å². The zero-order chi connectivity index (χ0) is 9.42. The molecule has 2 aromatic rings. The van der Waals surface area contributed by atoms with Crippen LogP contribution >= 0.6 is 11.3 Å². The van der Waals surface area contributed by atoms with Gasteiger partial charge in [-0.1, -0.05) is 0 Å². The van der Waals surface area contributed by atoms with E-state index in [1.165, 1.54) is 0 Å². The van der Waals surface area contributed by atoms with Crippen molar-refractivity contribution in [1.82, 2.24) is 15.0 Å². The average Bonchev–Trinajstić information content (AvgIpc) is 2.49. The standard InChI is InChI=1S/C8H10N4S/c1-5-10-7(12(2)3)6-8(11-5)13-4-9-6/h4H,1-3H3. The molecule has 2 heterocycles. The third-order valence-electron chi connectivity index (χ3n) is 1.72. The molecule has 0 saturated heterocycles. The highest BCUT2D eigenvalue weighted by Crippen LogP contribution is 2.23. The highest BCUT2D eigenvalue weighted by molar-refractivity contribution is 7.16. The lowest BCUT2D eigenvalue weighted by Crippen LogP contribution is -2.12. The van der Waals surface area contributed by atoms with Crippen molar-refractivity contribution >= 4 is 27.5 Å². The summed E-state index contributed by atoms with van der Waals surface area (Å²) in [6.45, 7) is 1.90. The Bertz CT molecular complexity index is 435. The van der Waals surface area contributed by atoms with Crippen LogP contribution in [-0.4, -0.2) is 29.0 Å². The summed E-state index contributed by atoms with van der Waals surface area (Å²) in [5, 5.41) is 0. The fourth-order valence-electron chi connectivity index (χ4n) is 1.16. The SMILES string of the molecule is Cc1nc(N(C)C)c2ncsc2n1. The molecule has 0 atom stereocenters. The van der Waals surface area contributed by atoms with Crippen LogP contribution in [0.3, 0.4) is 0 Å². The molecule has 2 aromatic heterocycles. The van der Waals surface area contributed by atoms with Gasteiger partial charge < -0.3 is 4.90 Å². The van der Waals surface area contributed by atoms with Gasteiger partial charge in [-0.05, 0) is 6.92 Å². The Balaban J connectivity index is 2.77. The van der Waals surface area contributed by atoms with Gasteiger partial charge in [-0.15, -0.1) is 11.3 Å². The van der Waals surface area contributed by atoms with Crippen molar-refractivity contribution in [1.29, 1.82) is 0 Å². The molecule has 0 spiro atoms. The number of hydrogen-bond acceptors (Lipinski definition) is 5. The number of hydrogen-bond donors (Lipinski definition) is 0. The lowest BCUT2D eigenvalue weighted by atomic mass is 10.4. The van der Waals surface area contributed by atoms with Gasteiger partial charge in [-0.25, -0.2) is 15.0 Å². The van der Waals surface area contributed by atoms with E-state index in [1.807, 2.05) is 25.9 Å². The quantitative estimate of drug-likeness (QED) is 0.689. The monoisotopic (exact) mass is 194 g/mol. The molecule has 0 radical (unpaired) electrons. The molecule has 0 bridgehead atoms. The molecule has 0 amide bonds. The molecule has 68 valence electrons. The minimum atomic E-state index is 0.792. The first-order valence-electron chi connectivity index (χ1n) is 3.93. The van der Waals surface area contributed by atoms with E-state index in [0.717, 1.165) is 22.0 Å². The molecule has 13 heavy (non-hydrogen) atoms. The minimum absolute atomic E-state index is 0.792. The maximum Gasteiger partial charge on any atom is 0.159 e. The predicted molar refractivity (Wildman–Crippen MR) is 54.3 cm³/mol. The summed E-state index contributed by atoms with van der Waals surface area (Å²) in [5.41, 5.74) is 2.69. The first-order chi connectivity index (χ1) is 6.18. The van der Waals surface area contributed by atoms with E-state index < -0.39 is 0 Å². The van der Waals surface area contributed by atoms with Crippen LogP contribution in [-0.2, 0) is 0 Å². The first-order valence-corrected chi connectivity index (χ1v) is 4.81. The van der Waals surface area contributed by atoms with Crippen LogP contribution in [0.2, 0.25) is 0 Å². The van der Waals surface area contributed by atoms with Crippen molar-refractivity contribution in [2.24, 2.45) is 0 Å². The van der Waals surface area contributed by atoms with E-state index in [0.29, 0.717) is 0 Å². The Kier molecular flexibility index (Phi) is 1.88. The summed E-state index contributed by atoms with van der Waals surface area (Å²) >= 11 is 1.54. The summed E-state index contributed by atoms with van der Waals surface area (Å²) in [6, 6.07) is 0. The predicted octanol–water partition coefficient (Wildman–Crippen LogP) is 1.46. The summed E-state index contributed by atoms with van der Waals surface area (Å²) in [4.78, 5) is 15.8. The molecule has 0 aliphatic heterocycles. The molecule has 0 saturated carbocycles. The Hall–Kier alpha value is -1.23. The van der Waals surface area contributed by atoms with Gasteiger partial charge in [0.05, 0.1) is 5.51 Å². The molecule has 0 unspecified atom stereocenters. The Morgan fingerprint density at radius 1 is 1.31 bits per heavy atom. The molecule has 4 nitrogen and oxygen atoms in total. The number of aromatic nitrogens is 3. The average molecular weight is 194 g/mol. The maximum atomic E-state index is 4.33. The first kappa shape index (κ1) is 8.37. The van der Waals surface area contributed by atoms with Gasteiger partial charge in [0.25, 0.3) is 0 Å². The van der Waals surface area contributed by atoms with Crippen molar-refractivity contribution in [3.8, 4) is 0 Å². The fourth-order valence-corrected chi connectivity index (χ4v) is 1.86. The van der Waals surface area contributed by atoms with Gasteiger partial charge in [0, 0.05) is 14.1 Å². The van der Waals surface area contributed by atoms with Crippen LogP contribution in [0, 0.1) is 6.92 Å². The van der Waals surface area contributed by atoms with Crippen LogP contribution < -0.4 is 4.90 Å². The summed E-state index contributed by atoms with van der Waals surface area (Å²) < 4.78 is 0. The molecule has 0 aliphatic carbocycles. The third kappa shape index (κ3) is 1.35. The van der Waals surface area contributed by atoms with Crippen LogP contribution in [0.25, 0.3) is 10.3 Å². The van der Waals surface area contributed by atoms with Crippen LogP contribution in [0.5, 0.6) is 0 Å². The molecule has 0 aliphatic rings. The zero-order valence-electron chi connectivity index (χ0n) is 7.77. The molecule has 5 heteroatoms. The molecular formula is C8H10N4S. The highest BCUT2D eigenvalue weighted by Gasteiger charge is 2.09. The van der Waals surface area contributed by atoms with E-state index in [4.69, 9.17) is 0 Å². The number of aryl methyl sites for hydroxylation is 1. The highest BCUT2D eigenvalue weighted by atomic mass is 32.1. The van der Waals surface area contributed by atoms with Gasteiger partial charge in [-0.3, -0.25) is 0 Å². The smallest absolute Gasteiger partial charge is 0.159 e. The second-order valence-electron chi connectivity index (χ2n) is 2.99. The Morgan fingerprint density at radius 2 is 2.08 bits per heavy atom. The van der Waals surface area contributed by atoms with Crippen molar-refractivity contribution < 1.29 is 0 Å². The van der Waals surface area contributed by atoms with Crippen molar-refractivity contribution in [2.45, 2.75) is 6.92 Å². The zero-order valence-corrected chi connectivity index (χ0v) is 8.59. The third-order valence-corrected chi connectivity index (χ3v) is 2.43. The summed E-state index contributed by atoms with van der Waals surface area (Å²) in [5.74, 6) is 1.68. The van der Waals surface area contributed by atoms with E-state index in [1.54, 1.807) is 16.8 Å². The van der Waals surface area contributed by atoms with Gasteiger partial charge in [0.1, 0.15) is 16.2 Å². The summed E-state index contributed by atoms with van der Waals surface area (Å²) in [6.07, 6.45) is 0. The largest absolute Gasteiger partial charge is 0.361 e. The van der Waals surface area contributed by atoms with Gasteiger partial charge >= 0.3 is 0 Å². The fraction of sp³-hybridized carbons (Fsp3) is 0.375. The molecule has 2 rings (SSSR count). The summed E-state index contributed by atoms with van der Waals surface area (Å²) in [7, 11) is 3.92. The maximum absolute atomic E-state index is 4.33. The lowest BCUT2D eigenvalue weighted by molar-refractivity contribution is 1.01. The van der Waals surface area contributed by atoms with Crippen molar-refractivity contribution in [2.75, 3.05) is 19.0 Å². The number of fused-ring (bicyclic) bond motifs is 1. The number of rotatable bonds is 1. The van der Waals surface area contributed by atoms with Crippen LogP contribution in [0.4, 0.5) is 5.82 Å². The molecule has 0 N–H and O–H groups in total. The van der Waals surface area contributed by atoms with E-state index >= 15 is 0 Å². The van der Waals surface area contributed by atoms with Gasteiger partial charge in [-0.2, -0.15) is 0 Å². The van der Waals surface area contributed by atoms with E-state index in [9.17, 15) is 0 Å². The number of anilines is 1. The topological polar surface area (TPSA) is 41.9 Å². The van der Waals surface area contributed by atoms with Gasteiger partial charge in [0.15, 0.2) is 5.82 Å². The molecule has 0 aromatic carbocycles. The van der Waals surface area contributed by atoms with E-state index in [-0.39, 0.29) is 0 Å². The second-order valence-corrected chi connectivity index (χ2v) is 3.83. The lowest BCUT2D eigenvalue weighted by Gasteiger charge is -2.11.